The summed E-state index contributed by atoms with van der Waals surface area (Å²) in [6.45, 7) is 1.64. The van der Waals surface area contributed by atoms with Gasteiger partial charge in [0.05, 0.1) is 0 Å². The standard InChI is InChI=1S/C17H22N4O3S/c1-20-13-15(17(19-20)14-7-3-2-4-8-14)25(23,24)18-10-6-12-21-11-5-9-16(21)22/h2-4,7-8,13,18H,5-6,9-12H2,1H3. The molecule has 1 N–H and O–H groups in total. The molecule has 0 unspecified atom stereocenters. The normalized spacial score (nSPS) is 15.1. The number of carbonyl (C=O) groups excluding carboxylic acids is 1. The minimum absolute atomic E-state index is 0.154. The van der Waals surface area contributed by atoms with Crippen LogP contribution in [-0.2, 0) is 21.9 Å². The number of hydrogen-bond acceptors (Lipinski definition) is 4. The van der Waals surface area contributed by atoms with E-state index in [0.717, 1.165) is 18.5 Å². The van der Waals surface area contributed by atoms with Gasteiger partial charge in [-0.3, -0.25) is 9.48 Å². The highest BCUT2D eigenvalue weighted by Gasteiger charge is 2.23. The van der Waals surface area contributed by atoms with E-state index < -0.39 is 10.0 Å². The van der Waals surface area contributed by atoms with Crippen LogP contribution < -0.4 is 4.72 Å². The molecule has 1 amide bonds. The third-order valence-electron chi connectivity index (χ3n) is 4.20. The van der Waals surface area contributed by atoms with Crippen molar-refractivity contribution in [3.63, 3.8) is 0 Å². The fourth-order valence-corrected chi connectivity index (χ4v) is 4.23. The summed E-state index contributed by atoms with van der Waals surface area (Å²) in [4.78, 5) is 13.5. The Morgan fingerprint density at radius 3 is 2.68 bits per heavy atom. The molecule has 1 fully saturated rings. The van der Waals surface area contributed by atoms with Crippen LogP contribution in [0.1, 0.15) is 19.3 Å². The monoisotopic (exact) mass is 362 g/mol. The summed E-state index contributed by atoms with van der Waals surface area (Å²) in [5.41, 5.74) is 1.19. The average molecular weight is 362 g/mol. The van der Waals surface area contributed by atoms with Gasteiger partial charge in [0.1, 0.15) is 10.6 Å². The van der Waals surface area contributed by atoms with Gasteiger partial charge in [0.15, 0.2) is 0 Å². The second kappa shape index (κ2) is 7.37. The number of likely N-dealkylation sites (tertiary alicyclic amines) is 1. The molecule has 25 heavy (non-hydrogen) atoms. The van der Waals surface area contributed by atoms with E-state index in [1.807, 2.05) is 30.3 Å². The van der Waals surface area contributed by atoms with Crippen LogP contribution in [0, 0.1) is 0 Å². The molecule has 0 aliphatic carbocycles. The van der Waals surface area contributed by atoms with Gasteiger partial charge in [-0.1, -0.05) is 30.3 Å². The van der Waals surface area contributed by atoms with Gasteiger partial charge in [-0.25, -0.2) is 13.1 Å². The molecule has 0 spiro atoms. The Hall–Kier alpha value is -2.19. The Balaban J connectivity index is 1.67. The van der Waals surface area contributed by atoms with E-state index >= 15 is 0 Å². The molecule has 7 nitrogen and oxygen atoms in total. The number of rotatable bonds is 7. The predicted octanol–water partition coefficient (Wildman–Crippen LogP) is 1.38. The Labute approximate surface area is 147 Å². The minimum atomic E-state index is -3.66. The second-order valence-corrected chi connectivity index (χ2v) is 7.85. The zero-order valence-electron chi connectivity index (χ0n) is 14.2. The molecule has 8 heteroatoms. The van der Waals surface area contributed by atoms with Crippen molar-refractivity contribution in [3.8, 4) is 11.3 Å². The van der Waals surface area contributed by atoms with Crippen molar-refractivity contribution in [1.82, 2.24) is 19.4 Å². The summed E-state index contributed by atoms with van der Waals surface area (Å²) in [7, 11) is -1.97. The van der Waals surface area contributed by atoms with Crippen LogP contribution in [0.4, 0.5) is 0 Å². The van der Waals surface area contributed by atoms with Crippen LogP contribution >= 0.6 is 0 Å². The molecule has 0 saturated carbocycles. The highest BCUT2D eigenvalue weighted by molar-refractivity contribution is 7.89. The quantitative estimate of drug-likeness (QED) is 0.754. The first-order chi connectivity index (χ1) is 12.0. The van der Waals surface area contributed by atoms with E-state index in [4.69, 9.17) is 0 Å². The average Bonchev–Trinajstić information content (AvgIpc) is 3.19. The lowest BCUT2D eigenvalue weighted by atomic mass is 10.2. The fourth-order valence-electron chi connectivity index (χ4n) is 2.95. The van der Waals surface area contributed by atoms with E-state index in [1.54, 1.807) is 11.9 Å². The van der Waals surface area contributed by atoms with Crippen molar-refractivity contribution < 1.29 is 13.2 Å². The maximum absolute atomic E-state index is 12.7. The third kappa shape index (κ3) is 4.08. The molecule has 1 aromatic carbocycles. The Kier molecular flexibility index (Phi) is 5.19. The van der Waals surface area contributed by atoms with Crippen LogP contribution in [0.5, 0.6) is 0 Å². The maximum atomic E-state index is 12.7. The Bertz CT molecular complexity index is 846. The smallest absolute Gasteiger partial charge is 0.244 e. The molecule has 1 saturated heterocycles. The van der Waals surface area contributed by atoms with Crippen LogP contribution in [-0.4, -0.2) is 48.6 Å². The van der Waals surface area contributed by atoms with Crippen LogP contribution in [0.15, 0.2) is 41.4 Å². The first-order valence-corrected chi connectivity index (χ1v) is 9.82. The van der Waals surface area contributed by atoms with E-state index in [2.05, 4.69) is 9.82 Å². The number of carbonyl (C=O) groups is 1. The van der Waals surface area contributed by atoms with Crippen molar-refractivity contribution >= 4 is 15.9 Å². The second-order valence-electron chi connectivity index (χ2n) is 6.12. The van der Waals surface area contributed by atoms with Gasteiger partial charge in [0.2, 0.25) is 15.9 Å². The van der Waals surface area contributed by atoms with Crippen molar-refractivity contribution in [2.24, 2.45) is 7.05 Å². The number of nitrogens with zero attached hydrogens (tertiary/aromatic N) is 3. The van der Waals surface area contributed by atoms with Gasteiger partial charge < -0.3 is 4.90 Å². The van der Waals surface area contributed by atoms with Gasteiger partial charge in [0.25, 0.3) is 0 Å². The largest absolute Gasteiger partial charge is 0.343 e. The van der Waals surface area contributed by atoms with Gasteiger partial charge in [-0.15, -0.1) is 0 Å². The van der Waals surface area contributed by atoms with Crippen molar-refractivity contribution in [3.05, 3.63) is 36.5 Å². The number of aryl methyl sites for hydroxylation is 1. The lowest BCUT2D eigenvalue weighted by Crippen LogP contribution is -2.30. The Morgan fingerprint density at radius 1 is 1.24 bits per heavy atom. The zero-order chi connectivity index (χ0) is 17.9. The van der Waals surface area contributed by atoms with Gasteiger partial charge in [-0.2, -0.15) is 5.10 Å². The molecular weight excluding hydrogens is 340 g/mol. The minimum Gasteiger partial charge on any atom is -0.343 e. The summed E-state index contributed by atoms with van der Waals surface area (Å²) in [5.74, 6) is 0.154. The van der Waals surface area contributed by atoms with Crippen molar-refractivity contribution in [2.75, 3.05) is 19.6 Å². The van der Waals surface area contributed by atoms with E-state index in [-0.39, 0.29) is 17.3 Å². The Morgan fingerprint density at radius 2 is 2.00 bits per heavy atom. The van der Waals surface area contributed by atoms with E-state index in [0.29, 0.717) is 25.1 Å². The van der Waals surface area contributed by atoms with Crippen LogP contribution in [0.2, 0.25) is 0 Å². The molecule has 134 valence electrons. The number of nitrogens with one attached hydrogen (secondary N) is 1. The van der Waals surface area contributed by atoms with Crippen molar-refractivity contribution in [2.45, 2.75) is 24.2 Å². The van der Waals surface area contributed by atoms with E-state index in [1.165, 1.54) is 10.9 Å². The molecule has 3 rings (SSSR count). The molecular formula is C17H22N4O3S. The summed E-state index contributed by atoms with van der Waals surface area (Å²) in [5, 5.41) is 4.29. The number of benzene rings is 1. The first kappa shape index (κ1) is 17.6. The number of amides is 1. The molecule has 2 heterocycles. The van der Waals surface area contributed by atoms with E-state index in [9.17, 15) is 13.2 Å². The van der Waals surface area contributed by atoms with Crippen LogP contribution in [0.25, 0.3) is 11.3 Å². The number of hydrogen-bond donors (Lipinski definition) is 1. The predicted molar refractivity (Wildman–Crippen MR) is 94.3 cm³/mol. The zero-order valence-corrected chi connectivity index (χ0v) is 15.0. The fraction of sp³-hybridized carbons (Fsp3) is 0.412. The SMILES string of the molecule is Cn1cc(S(=O)(=O)NCCCN2CCCC2=O)c(-c2ccccc2)n1. The molecule has 0 radical (unpaired) electrons. The molecule has 1 aliphatic rings. The first-order valence-electron chi connectivity index (χ1n) is 8.34. The molecule has 1 aromatic heterocycles. The summed E-state index contributed by atoms with van der Waals surface area (Å²) in [6, 6.07) is 9.24. The highest BCUT2D eigenvalue weighted by atomic mass is 32.2. The molecule has 1 aliphatic heterocycles. The van der Waals surface area contributed by atoms with Gasteiger partial charge in [-0.05, 0) is 12.8 Å². The van der Waals surface area contributed by atoms with Crippen LogP contribution in [0.3, 0.4) is 0 Å². The van der Waals surface area contributed by atoms with Crippen molar-refractivity contribution in [1.29, 1.82) is 0 Å². The lowest BCUT2D eigenvalue weighted by molar-refractivity contribution is -0.127. The summed E-state index contributed by atoms with van der Waals surface area (Å²) < 4.78 is 29.4. The summed E-state index contributed by atoms with van der Waals surface area (Å²) in [6.07, 6.45) is 3.59. The molecule has 2 aromatic rings. The topological polar surface area (TPSA) is 84.3 Å². The summed E-state index contributed by atoms with van der Waals surface area (Å²) >= 11 is 0. The maximum Gasteiger partial charge on any atom is 0.244 e. The van der Waals surface area contributed by atoms with Gasteiger partial charge >= 0.3 is 0 Å². The number of aromatic nitrogens is 2. The third-order valence-corrected chi connectivity index (χ3v) is 5.66. The van der Waals surface area contributed by atoms with Gasteiger partial charge in [0, 0.05) is 44.9 Å². The number of sulfonamides is 1. The highest BCUT2D eigenvalue weighted by Crippen LogP contribution is 2.25. The molecule has 0 atom stereocenters. The lowest BCUT2D eigenvalue weighted by Gasteiger charge is -2.15. The molecule has 0 bridgehead atoms.